The first-order valence-electron chi connectivity index (χ1n) is 9.46. The smallest absolute Gasteiger partial charge is 0.265 e. The lowest BCUT2D eigenvalue weighted by Crippen LogP contribution is -2.27. The highest BCUT2D eigenvalue weighted by molar-refractivity contribution is 5.94. The molecule has 0 saturated heterocycles. The topological polar surface area (TPSA) is 81.9 Å². The van der Waals surface area contributed by atoms with Crippen molar-refractivity contribution in [3.05, 3.63) is 82.3 Å². The molecule has 1 amide bonds. The maximum atomic E-state index is 12.8. The number of benzene rings is 2. The van der Waals surface area contributed by atoms with Crippen molar-refractivity contribution in [1.29, 1.82) is 0 Å². The number of carbonyl (C=O) groups excluding carboxylic acids is 1. The van der Waals surface area contributed by atoms with Gasteiger partial charge in [-0.2, -0.15) is 0 Å². The van der Waals surface area contributed by atoms with Crippen LogP contribution in [0.1, 0.15) is 28.9 Å². The Hall–Kier alpha value is -3.87. The van der Waals surface area contributed by atoms with Gasteiger partial charge in [-0.25, -0.2) is 4.98 Å². The minimum absolute atomic E-state index is 0.210. The minimum Gasteiger partial charge on any atom is -0.493 e. The van der Waals surface area contributed by atoms with Crippen molar-refractivity contribution in [2.45, 2.75) is 13.0 Å². The Morgan fingerprint density at radius 2 is 1.80 bits per heavy atom. The number of hydrogen-bond donors (Lipinski definition) is 1. The minimum atomic E-state index is -0.292. The largest absolute Gasteiger partial charge is 0.493 e. The van der Waals surface area contributed by atoms with Gasteiger partial charge in [-0.3, -0.25) is 14.0 Å². The van der Waals surface area contributed by atoms with Gasteiger partial charge in [-0.05, 0) is 48.9 Å². The number of fused-ring (bicyclic) bond motifs is 2. The lowest BCUT2D eigenvalue weighted by atomic mass is 10.1. The van der Waals surface area contributed by atoms with Crippen molar-refractivity contribution in [2.75, 3.05) is 14.2 Å². The van der Waals surface area contributed by atoms with Gasteiger partial charge in [-0.15, -0.1) is 0 Å². The number of nitrogens with one attached hydrogen (secondary N) is 1. The number of pyridine rings is 1. The maximum absolute atomic E-state index is 12.8. The molecule has 2 aromatic heterocycles. The van der Waals surface area contributed by atoms with E-state index in [1.54, 1.807) is 50.6 Å². The van der Waals surface area contributed by atoms with Gasteiger partial charge in [0.05, 0.1) is 36.7 Å². The van der Waals surface area contributed by atoms with E-state index in [0.29, 0.717) is 33.6 Å². The number of carbonyl (C=O) groups is 1. The van der Waals surface area contributed by atoms with E-state index in [1.807, 2.05) is 25.1 Å². The molecular weight excluding hydrogens is 382 g/mol. The summed E-state index contributed by atoms with van der Waals surface area (Å²) in [5, 5.41) is 3.46. The standard InChI is InChI=1S/C23H21N3O4/c1-14(15-8-10-19(29-2)20(12-15)30-3)24-22(27)16-9-11-21-25-18-7-5-4-6-17(18)23(28)26(21)13-16/h4-14H,1-3H3,(H,24,27)/t14-/m0/s1. The van der Waals surface area contributed by atoms with Crippen molar-refractivity contribution in [3.8, 4) is 11.5 Å². The quantitative estimate of drug-likeness (QED) is 0.517. The first-order valence-corrected chi connectivity index (χ1v) is 9.46. The molecule has 0 bridgehead atoms. The van der Waals surface area contributed by atoms with Crippen LogP contribution in [0.25, 0.3) is 16.6 Å². The molecule has 2 heterocycles. The lowest BCUT2D eigenvalue weighted by Gasteiger charge is -2.17. The summed E-state index contributed by atoms with van der Waals surface area (Å²) in [6.07, 6.45) is 1.52. The molecule has 30 heavy (non-hydrogen) atoms. The van der Waals surface area contributed by atoms with Gasteiger partial charge in [0.25, 0.3) is 11.5 Å². The predicted octanol–water partition coefficient (Wildman–Crippen LogP) is 3.36. The molecule has 0 aliphatic rings. The second kappa shape index (κ2) is 7.87. The van der Waals surface area contributed by atoms with Crippen LogP contribution in [0.2, 0.25) is 0 Å². The number of amides is 1. The summed E-state index contributed by atoms with van der Waals surface area (Å²) < 4.78 is 12.0. The molecule has 0 saturated carbocycles. The average molecular weight is 403 g/mol. The average Bonchev–Trinajstić information content (AvgIpc) is 2.78. The summed E-state index contributed by atoms with van der Waals surface area (Å²) in [5.74, 6) is 0.916. The predicted molar refractivity (Wildman–Crippen MR) is 114 cm³/mol. The van der Waals surface area contributed by atoms with E-state index in [1.165, 1.54) is 10.6 Å². The van der Waals surface area contributed by atoms with E-state index in [0.717, 1.165) is 5.56 Å². The van der Waals surface area contributed by atoms with Gasteiger partial charge >= 0.3 is 0 Å². The second-order valence-electron chi connectivity index (χ2n) is 6.89. The van der Waals surface area contributed by atoms with E-state index in [-0.39, 0.29) is 17.5 Å². The number of methoxy groups -OCH3 is 2. The van der Waals surface area contributed by atoms with Crippen LogP contribution in [0.5, 0.6) is 11.5 Å². The van der Waals surface area contributed by atoms with Gasteiger partial charge in [0.15, 0.2) is 11.5 Å². The molecule has 4 aromatic rings. The van der Waals surface area contributed by atoms with Gasteiger partial charge < -0.3 is 14.8 Å². The molecule has 0 aliphatic carbocycles. The SMILES string of the molecule is COc1ccc([C@H](C)NC(=O)c2ccc3nc4ccccc4c(=O)n3c2)cc1OC. The Kier molecular flexibility index (Phi) is 5.10. The number of rotatable bonds is 5. The monoisotopic (exact) mass is 403 g/mol. The summed E-state index contributed by atoms with van der Waals surface area (Å²) in [4.78, 5) is 30.1. The number of hydrogen-bond acceptors (Lipinski definition) is 5. The van der Waals surface area contributed by atoms with Crippen molar-refractivity contribution < 1.29 is 14.3 Å². The third kappa shape index (κ3) is 3.45. The molecule has 0 aliphatic heterocycles. The van der Waals surface area contributed by atoms with E-state index < -0.39 is 0 Å². The Balaban J connectivity index is 1.64. The number of nitrogens with zero attached hydrogens (tertiary/aromatic N) is 2. The molecule has 1 N–H and O–H groups in total. The van der Waals surface area contributed by atoms with Gasteiger partial charge in [0.1, 0.15) is 5.65 Å². The van der Waals surface area contributed by atoms with Gasteiger partial charge in [0, 0.05) is 6.20 Å². The van der Waals surface area contributed by atoms with Crippen LogP contribution in [-0.2, 0) is 0 Å². The fourth-order valence-electron chi connectivity index (χ4n) is 3.37. The first-order chi connectivity index (χ1) is 14.5. The zero-order valence-electron chi connectivity index (χ0n) is 16.9. The van der Waals surface area contributed by atoms with E-state index in [4.69, 9.17) is 9.47 Å². The highest BCUT2D eigenvalue weighted by atomic mass is 16.5. The number of ether oxygens (including phenoxy) is 2. The summed E-state index contributed by atoms with van der Waals surface area (Å²) in [6.45, 7) is 1.88. The normalized spacial score (nSPS) is 12.0. The molecule has 152 valence electrons. The van der Waals surface area contributed by atoms with Crippen molar-refractivity contribution in [3.63, 3.8) is 0 Å². The molecule has 0 radical (unpaired) electrons. The summed E-state index contributed by atoms with van der Waals surface area (Å²) in [6, 6.07) is 15.7. The molecule has 7 nitrogen and oxygen atoms in total. The van der Waals surface area contributed by atoms with Crippen LogP contribution >= 0.6 is 0 Å². The van der Waals surface area contributed by atoms with E-state index in [9.17, 15) is 9.59 Å². The molecule has 0 unspecified atom stereocenters. The Labute approximate surface area is 172 Å². The number of aromatic nitrogens is 2. The third-order valence-corrected chi connectivity index (χ3v) is 5.03. The summed E-state index contributed by atoms with van der Waals surface area (Å²) in [5.41, 5.74) is 2.14. The van der Waals surface area contributed by atoms with E-state index in [2.05, 4.69) is 10.3 Å². The second-order valence-corrected chi connectivity index (χ2v) is 6.89. The Bertz CT molecular complexity index is 1310. The van der Waals surface area contributed by atoms with Crippen LogP contribution in [0.4, 0.5) is 0 Å². The molecular formula is C23H21N3O4. The van der Waals surface area contributed by atoms with Crippen LogP contribution in [0.3, 0.4) is 0 Å². The molecule has 4 rings (SSSR count). The molecule has 7 heteroatoms. The summed E-state index contributed by atoms with van der Waals surface area (Å²) in [7, 11) is 3.14. The van der Waals surface area contributed by atoms with Crippen molar-refractivity contribution in [2.24, 2.45) is 0 Å². The molecule has 1 atom stereocenters. The van der Waals surface area contributed by atoms with Crippen molar-refractivity contribution in [1.82, 2.24) is 14.7 Å². The lowest BCUT2D eigenvalue weighted by molar-refractivity contribution is 0.0939. The summed E-state index contributed by atoms with van der Waals surface area (Å²) >= 11 is 0. The molecule has 0 spiro atoms. The Morgan fingerprint density at radius 3 is 2.57 bits per heavy atom. The Morgan fingerprint density at radius 1 is 1.03 bits per heavy atom. The van der Waals surface area contributed by atoms with Crippen LogP contribution in [0, 0.1) is 0 Å². The van der Waals surface area contributed by atoms with Crippen molar-refractivity contribution >= 4 is 22.5 Å². The van der Waals surface area contributed by atoms with Gasteiger partial charge in [0.2, 0.25) is 0 Å². The van der Waals surface area contributed by atoms with Crippen LogP contribution < -0.4 is 20.3 Å². The van der Waals surface area contributed by atoms with E-state index >= 15 is 0 Å². The van der Waals surface area contributed by atoms with Crippen LogP contribution in [0.15, 0.2) is 65.6 Å². The maximum Gasteiger partial charge on any atom is 0.265 e. The third-order valence-electron chi connectivity index (χ3n) is 5.03. The van der Waals surface area contributed by atoms with Crippen LogP contribution in [-0.4, -0.2) is 29.5 Å². The highest BCUT2D eigenvalue weighted by Gasteiger charge is 2.15. The number of para-hydroxylation sites is 1. The first kappa shape index (κ1) is 19.4. The van der Waals surface area contributed by atoms with Gasteiger partial charge in [-0.1, -0.05) is 18.2 Å². The fourth-order valence-corrected chi connectivity index (χ4v) is 3.37. The zero-order valence-corrected chi connectivity index (χ0v) is 16.9. The highest BCUT2D eigenvalue weighted by Crippen LogP contribution is 2.30. The zero-order chi connectivity index (χ0) is 21.3. The fraction of sp³-hybridized carbons (Fsp3) is 0.174. The molecule has 2 aromatic carbocycles. The molecule has 0 fully saturated rings.